The highest BCUT2D eigenvalue weighted by atomic mass is 16.3. The van der Waals surface area contributed by atoms with Crippen molar-refractivity contribution in [3.8, 4) is 0 Å². The molecule has 0 unspecified atom stereocenters. The Labute approximate surface area is 146 Å². The fourth-order valence-corrected chi connectivity index (χ4v) is 5.93. The minimum absolute atomic E-state index is 0.0464. The average molecular weight is 341 g/mol. The van der Waals surface area contributed by atoms with Crippen LogP contribution < -0.4 is 0 Å². The van der Waals surface area contributed by atoms with Crippen molar-refractivity contribution in [2.24, 2.45) is 22.7 Å². The number of aliphatic hydroxyl groups excluding tert-OH is 3. The van der Waals surface area contributed by atoms with Crippen LogP contribution in [0.5, 0.6) is 0 Å². The van der Waals surface area contributed by atoms with Gasteiger partial charge in [-0.1, -0.05) is 32.4 Å². The number of fused-ring (bicyclic) bond motifs is 1. The first-order chi connectivity index (χ1) is 11.0. The lowest BCUT2D eigenvalue weighted by Crippen LogP contribution is -2.64. The molecule has 4 N–H and O–H groups in total. The Balaban J connectivity index is 2.33. The lowest BCUT2D eigenvalue weighted by atomic mass is 9.44. The van der Waals surface area contributed by atoms with E-state index >= 15 is 0 Å². The molecular weight excluding hydrogens is 304 g/mol. The van der Waals surface area contributed by atoms with E-state index in [9.17, 15) is 15.3 Å². The largest absolute Gasteiger partial charge is 0.392 e. The van der Waals surface area contributed by atoms with E-state index in [2.05, 4.69) is 20.8 Å². The standard InChI is InChI=1S/C20H36O4/c1-13(9-11-21)6-7-16-19(4)12-14(22)17(23)18(2,3)15(19)8-10-20(16,5)24/h9,14-17,21-24H,6-8,10-12H2,1-5H3/b13-9+/t14-,15+,16-,17-,19+,20-/m0/s1. The molecular formula is C20H36O4. The second kappa shape index (κ2) is 6.71. The highest BCUT2D eigenvalue weighted by Gasteiger charge is 2.62. The molecule has 0 spiro atoms. The fourth-order valence-electron chi connectivity index (χ4n) is 5.93. The zero-order valence-electron chi connectivity index (χ0n) is 15.9. The van der Waals surface area contributed by atoms with Crippen LogP contribution in [0.4, 0.5) is 0 Å². The van der Waals surface area contributed by atoms with Crippen molar-refractivity contribution in [1.82, 2.24) is 0 Å². The van der Waals surface area contributed by atoms with Crippen molar-refractivity contribution in [2.75, 3.05) is 6.61 Å². The molecule has 0 saturated heterocycles. The topological polar surface area (TPSA) is 80.9 Å². The first-order valence-corrected chi connectivity index (χ1v) is 9.32. The minimum atomic E-state index is -0.761. The molecule has 0 aromatic rings. The van der Waals surface area contributed by atoms with Gasteiger partial charge in [0.05, 0.1) is 24.4 Å². The van der Waals surface area contributed by atoms with Gasteiger partial charge in [-0.2, -0.15) is 0 Å². The van der Waals surface area contributed by atoms with Gasteiger partial charge in [0.2, 0.25) is 0 Å². The van der Waals surface area contributed by atoms with Crippen LogP contribution in [0.15, 0.2) is 11.6 Å². The molecule has 2 aliphatic rings. The molecule has 4 nitrogen and oxygen atoms in total. The number of rotatable bonds is 4. The highest BCUT2D eigenvalue weighted by molar-refractivity contribution is 5.12. The van der Waals surface area contributed by atoms with Gasteiger partial charge in [0.15, 0.2) is 0 Å². The molecule has 2 fully saturated rings. The monoisotopic (exact) mass is 340 g/mol. The number of allylic oxidation sites excluding steroid dienone is 1. The van der Waals surface area contributed by atoms with Crippen molar-refractivity contribution in [1.29, 1.82) is 0 Å². The number of hydrogen-bond donors (Lipinski definition) is 4. The molecule has 4 heteroatoms. The van der Waals surface area contributed by atoms with E-state index in [0.29, 0.717) is 6.42 Å². The average Bonchev–Trinajstić information content (AvgIpc) is 2.43. The van der Waals surface area contributed by atoms with Crippen molar-refractivity contribution in [3.63, 3.8) is 0 Å². The third kappa shape index (κ3) is 3.31. The van der Waals surface area contributed by atoms with Crippen LogP contribution in [0.1, 0.15) is 66.7 Å². The molecule has 0 aromatic carbocycles. The summed E-state index contributed by atoms with van der Waals surface area (Å²) in [6, 6.07) is 0. The smallest absolute Gasteiger partial charge is 0.0852 e. The van der Waals surface area contributed by atoms with Gasteiger partial charge in [-0.15, -0.1) is 0 Å². The summed E-state index contributed by atoms with van der Waals surface area (Å²) < 4.78 is 0. The van der Waals surface area contributed by atoms with Gasteiger partial charge in [-0.25, -0.2) is 0 Å². The molecule has 2 rings (SSSR count). The SMILES string of the molecule is C/C(=C\CO)CC[C@H]1[C@]2(C)C[C@H](O)[C@H](O)C(C)(C)[C@H]2CC[C@]1(C)O. The molecule has 0 radical (unpaired) electrons. The first kappa shape index (κ1) is 19.9. The van der Waals surface area contributed by atoms with Gasteiger partial charge < -0.3 is 20.4 Å². The normalized spacial score (nSPS) is 45.8. The summed E-state index contributed by atoms with van der Waals surface area (Å²) in [4.78, 5) is 0. The van der Waals surface area contributed by atoms with Crippen molar-refractivity contribution in [2.45, 2.75) is 84.5 Å². The first-order valence-electron chi connectivity index (χ1n) is 9.32. The summed E-state index contributed by atoms with van der Waals surface area (Å²) in [5.74, 6) is 0.336. The molecule has 0 aromatic heterocycles. The molecule has 140 valence electrons. The van der Waals surface area contributed by atoms with Crippen LogP contribution in [0.25, 0.3) is 0 Å². The van der Waals surface area contributed by atoms with Crippen LogP contribution in [0, 0.1) is 22.7 Å². The minimum Gasteiger partial charge on any atom is -0.392 e. The third-order valence-corrected chi connectivity index (χ3v) is 7.22. The third-order valence-electron chi connectivity index (χ3n) is 7.22. The van der Waals surface area contributed by atoms with E-state index in [1.807, 2.05) is 19.9 Å². The maximum Gasteiger partial charge on any atom is 0.0852 e. The van der Waals surface area contributed by atoms with E-state index in [4.69, 9.17) is 5.11 Å². The molecule has 0 bridgehead atoms. The lowest BCUT2D eigenvalue weighted by Gasteiger charge is -2.63. The van der Waals surface area contributed by atoms with E-state index in [0.717, 1.165) is 31.3 Å². The van der Waals surface area contributed by atoms with Crippen LogP contribution in [0.2, 0.25) is 0 Å². The van der Waals surface area contributed by atoms with E-state index in [1.165, 1.54) is 0 Å². The molecule has 2 saturated carbocycles. The molecule has 6 atom stereocenters. The van der Waals surface area contributed by atoms with Crippen molar-refractivity contribution in [3.05, 3.63) is 11.6 Å². The molecule has 24 heavy (non-hydrogen) atoms. The molecule has 0 amide bonds. The summed E-state index contributed by atoms with van der Waals surface area (Å²) in [7, 11) is 0. The van der Waals surface area contributed by atoms with Crippen LogP contribution in [-0.4, -0.2) is 44.8 Å². The van der Waals surface area contributed by atoms with Crippen molar-refractivity contribution < 1.29 is 20.4 Å². The Hall–Kier alpha value is -0.420. The molecule has 0 aliphatic heterocycles. The Morgan fingerprint density at radius 3 is 2.38 bits per heavy atom. The van der Waals surface area contributed by atoms with Gasteiger partial charge in [-0.05, 0) is 68.6 Å². The summed E-state index contributed by atoms with van der Waals surface area (Å²) in [5, 5.41) is 41.2. The van der Waals surface area contributed by atoms with Gasteiger partial charge in [0.25, 0.3) is 0 Å². The Morgan fingerprint density at radius 2 is 1.79 bits per heavy atom. The number of hydrogen-bond acceptors (Lipinski definition) is 4. The molecule has 2 aliphatic carbocycles. The van der Waals surface area contributed by atoms with Crippen LogP contribution in [-0.2, 0) is 0 Å². The Morgan fingerprint density at radius 1 is 1.17 bits per heavy atom. The predicted octanol–water partition coefficient (Wildman–Crippen LogP) is 2.64. The van der Waals surface area contributed by atoms with E-state index in [-0.39, 0.29) is 29.3 Å². The highest BCUT2D eigenvalue weighted by Crippen LogP contribution is 2.63. The van der Waals surface area contributed by atoms with Gasteiger partial charge in [0.1, 0.15) is 0 Å². The fraction of sp³-hybridized carbons (Fsp3) is 0.900. The zero-order valence-corrected chi connectivity index (χ0v) is 15.9. The quantitative estimate of drug-likeness (QED) is 0.593. The van der Waals surface area contributed by atoms with Gasteiger partial charge >= 0.3 is 0 Å². The number of aliphatic hydroxyl groups is 4. The summed E-state index contributed by atoms with van der Waals surface area (Å²) >= 11 is 0. The molecule has 0 heterocycles. The van der Waals surface area contributed by atoms with Crippen molar-refractivity contribution >= 4 is 0 Å². The Bertz CT molecular complexity index is 482. The van der Waals surface area contributed by atoms with E-state index < -0.39 is 17.8 Å². The lowest BCUT2D eigenvalue weighted by molar-refractivity contribution is -0.226. The summed E-state index contributed by atoms with van der Waals surface area (Å²) in [6.45, 7) is 10.3. The maximum absolute atomic E-state index is 11.1. The second-order valence-corrected chi connectivity index (χ2v) is 9.32. The maximum atomic E-state index is 11.1. The summed E-state index contributed by atoms with van der Waals surface area (Å²) in [5.41, 5.74) is -0.196. The summed E-state index contributed by atoms with van der Waals surface area (Å²) in [6.07, 6.45) is 4.17. The second-order valence-electron chi connectivity index (χ2n) is 9.32. The van der Waals surface area contributed by atoms with Crippen LogP contribution >= 0.6 is 0 Å². The Kier molecular flexibility index (Phi) is 5.57. The van der Waals surface area contributed by atoms with E-state index in [1.54, 1.807) is 0 Å². The van der Waals surface area contributed by atoms with Gasteiger partial charge in [-0.3, -0.25) is 0 Å². The van der Waals surface area contributed by atoms with Crippen LogP contribution in [0.3, 0.4) is 0 Å². The van der Waals surface area contributed by atoms with Gasteiger partial charge in [0, 0.05) is 0 Å². The zero-order chi connectivity index (χ0) is 18.3. The predicted molar refractivity (Wildman–Crippen MR) is 95.4 cm³/mol.